The lowest BCUT2D eigenvalue weighted by Crippen LogP contribution is -2.05. The minimum absolute atomic E-state index is 0.107. The molecule has 0 aliphatic carbocycles. The van der Waals surface area contributed by atoms with Gasteiger partial charge in [-0.05, 0) is 262 Å². The minimum atomic E-state index is -4.23. The Labute approximate surface area is 844 Å². The number of nitrogens with zero attached hydrogens (tertiary/aromatic N) is 6. The molecule has 0 aliphatic heterocycles. The predicted molar refractivity (Wildman–Crippen MR) is 580 cm³/mol. The summed E-state index contributed by atoms with van der Waals surface area (Å²) in [5, 5.41) is 5.33. The SMILES string of the molecule is CC(C)c1c(Cl)cncc1Cl.CC(C)c1ccc(F)cc1F.CC(C)c1cccc(C(F)(F)F)c1.CC(C)c1ccccc1.CC(C)c1ccccc1Cl.CC(C)c1ccncc1.CC(C)c1nc(-c2ccccc2)ns1.COc1cc(OC)cc(C(C)C)c1.Cc1cc(C(C)C)c2ccccc2n1.Cc1cccc(C(C)C)c1C.Cc1cccc(C)c1C(C)C.Cc1cnc(C(C)C)c(Cl)c1. The smallest absolute Gasteiger partial charge is 0.416 e. The third-order valence-electron chi connectivity index (χ3n) is 21.7. The van der Waals surface area contributed by atoms with Crippen LogP contribution in [0.15, 0.2) is 262 Å². The van der Waals surface area contributed by atoms with Gasteiger partial charge in [-0.2, -0.15) is 17.5 Å². The molecule has 0 N–H and O–H groups in total. The molecule has 137 heavy (non-hydrogen) atoms. The quantitative estimate of drug-likeness (QED) is 0.0937. The van der Waals surface area contributed by atoms with Gasteiger partial charge in [-0.3, -0.25) is 19.9 Å². The van der Waals surface area contributed by atoms with Crippen LogP contribution in [0, 0.1) is 53.2 Å². The number of fused-ring (bicyclic) bond motifs is 1. The molecule has 18 heteroatoms. The van der Waals surface area contributed by atoms with E-state index in [9.17, 15) is 22.0 Å². The van der Waals surface area contributed by atoms with Gasteiger partial charge in [0.15, 0.2) is 5.82 Å². The predicted octanol–water partition coefficient (Wildman–Crippen LogP) is 38.8. The second kappa shape index (κ2) is 62.7. The van der Waals surface area contributed by atoms with Crippen molar-refractivity contribution in [1.82, 2.24) is 29.3 Å². The Morgan fingerprint density at radius 1 is 0.343 bits per heavy atom. The zero-order valence-corrected chi connectivity index (χ0v) is 90.9. The number of para-hydroxylation sites is 1. The van der Waals surface area contributed by atoms with Crippen LogP contribution in [0.25, 0.3) is 22.3 Å². The van der Waals surface area contributed by atoms with Crippen molar-refractivity contribution in [2.75, 3.05) is 14.2 Å². The number of methoxy groups -OCH3 is 2. The van der Waals surface area contributed by atoms with Crippen LogP contribution in [0.1, 0.15) is 343 Å². The maximum absolute atomic E-state index is 12.9. The van der Waals surface area contributed by atoms with Crippen molar-refractivity contribution < 1.29 is 31.4 Å². The van der Waals surface area contributed by atoms with E-state index in [4.69, 9.17) is 55.9 Å². The molecule has 0 radical (unpaired) electrons. The summed E-state index contributed by atoms with van der Waals surface area (Å²) >= 11 is 25.1. The Morgan fingerprint density at radius 2 is 0.810 bits per heavy atom. The number of hydrogen-bond acceptors (Lipinski definition) is 9. The van der Waals surface area contributed by atoms with Crippen molar-refractivity contribution in [3.63, 3.8) is 0 Å². The summed E-state index contributed by atoms with van der Waals surface area (Å²) in [5.74, 6) is 7.16. The van der Waals surface area contributed by atoms with Gasteiger partial charge in [0.25, 0.3) is 0 Å². The third kappa shape index (κ3) is 44.2. The summed E-state index contributed by atoms with van der Waals surface area (Å²) in [5.41, 5.74) is 22.4. The number of alkyl halides is 3. The lowest BCUT2D eigenvalue weighted by atomic mass is 9.94. The molecule has 738 valence electrons. The van der Waals surface area contributed by atoms with Gasteiger partial charge >= 0.3 is 6.18 Å². The number of aryl methyl sites for hydroxylation is 5. The molecular formula is C119H151Cl4F5N6O2S. The zero-order valence-electron chi connectivity index (χ0n) is 87.1. The Balaban J connectivity index is 0.000000386. The highest BCUT2D eigenvalue weighted by molar-refractivity contribution is 7.05. The van der Waals surface area contributed by atoms with E-state index in [0.29, 0.717) is 74.8 Å². The fourth-order valence-corrected chi connectivity index (χ4v) is 16.1. The van der Waals surface area contributed by atoms with Gasteiger partial charge in [-0.15, -0.1) is 0 Å². The van der Waals surface area contributed by atoms with E-state index in [2.05, 4.69) is 280 Å². The molecule has 0 amide bonds. The molecule has 9 aromatic carbocycles. The van der Waals surface area contributed by atoms with Gasteiger partial charge in [0.05, 0.1) is 46.1 Å². The van der Waals surface area contributed by atoms with Crippen LogP contribution >= 0.6 is 57.9 Å². The summed E-state index contributed by atoms with van der Waals surface area (Å²) in [4.78, 5) is 21.0. The highest BCUT2D eigenvalue weighted by atomic mass is 35.5. The van der Waals surface area contributed by atoms with Crippen LogP contribution in [0.3, 0.4) is 0 Å². The number of benzene rings is 9. The molecule has 14 aromatic rings. The summed E-state index contributed by atoms with van der Waals surface area (Å²) in [6.07, 6.45) is 4.50. The molecule has 0 unspecified atom stereocenters. The van der Waals surface area contributed by atoms with Gasteiger partial charge < -0.3 is 9.47 Å². The number of rotatable bonds is 15. The van der Waals surface area contributed by atoms with Crippen molar-refractivity contribution in [1.29, 1.82) is 0 Å². The average Bonchev–Trinajstić information content (AvgIpc) is 1.17. The molecule has 0 atom stereocenters. The highest BCUT2D eigenvalue weighted by Gasteiger charge is 2.30. The lowest BCUT2D eigenvalue weighted by molar-refractivity contribution is -0.137. The molecule has 0 spiro atoms. The Bertz CT molecular complexity index is 5570. The maximum Gasteiger partial charge on any atom is 0.416 e. The van der Waals surface area contributed by atoms with Gasteiger partial charge in [0.2, 0.25) is 0 Å². The van der Waals surface area contributed by atoms with Gasteiger partial charge in [-0.25, -0.2) is 13.8 Å². The van der Waals surface area contributed by atoms with E-state index in [-0.39, 0.29) is 11.8 Å². The monoisotopic (exact) mass is 1960 g/mol. The van der Waals surface area contributed by atoms with Gasteiger partial charge in [-0.1, -0.05) is 370 Å². The zero-order chi connectivity index (χ0) is 103. The van der Waals surface area contributed by atoms with Crippen LogP contribution in [0.4, 0.5) is 22.0 Å². The van der Waals surface area contributed by atoms with E-state index in [1.165, 1.54) is 102 Å². The molecular weight excluding hydrogens is 1810 g/mol. The summed E-state index contributed by atoms with van der Waals surface area (Å²) in [7, 11) is 3.33. The summed E-state index contributed by atoms with van der Waals surface area (Å²) in [6, 6.07) is 73.2. The number of hydrogen-bond donors (Lipinski definition) is 0. The maximum atomic E-state index is 12.9. The topological polar surface area (TPSA) is 95.8 Å². The first kappa shape index (κ1) is 121. The third-order valence-corrected chi connectivity index (χ3v) is 24.0. The lowest BCUT2D eigenvalue weighted by Gasteiger charge is -2.12. The normalized spacial score (nSPS) is 10.7. The van der Waals surface area contributed by atoms with E-state index in [1.807, 2.05) is 164 Å². The van der Waals surface area contributed by atoms with Crippen LogP contribution in [-0.4, -0.2) is 43.5 Å². The fourth-order valence-electron chi connectivity index (χ4n) is 13.8. The highest BCUT2D eigenvalue weighted by Crippen LogP contribution is 2.35. The first-order valence-electron chi connectivity index (χ1n) is 47.3. The van der Waals surface area contributed by atoms with E-state index in [0.717, 1.165) is 83.7 Å². The number of pyridine rings is 4. The molecule has 0 saturated heterocycles. The van der Waals surface area contributed by atoms with Crippen molar-refractivity contribution in [3.05, 3.63) is 399 Å². The summed E-state index contributed by atoms with van der Waals surface area (Å²) < 4.78 is 76.6. The molecule has 0 bridgehead atoms. The van der Waals surface area contributed by atoms with Crippen LogP contribution in [-0.2, 0) is 6.18 Å². The van der Waals surface area contributed by atoms with Crippen LogP contribution in [0.2, 0.25) is 20.1 Å². The molecule has 0 fully saturated rings. The van der Waals surface area contributed by atoms with Gasteiger partial charge in [0.1, 0.15) is 28.1 Å². The Hall–Kier alpha value is -10.2. The molecule has 5 heterocycles. The Kier molecular flexibility index (Phi) is 55.4. The van der Waals surface area contributed by atoms with Crippen molar-refractivity contribution in [2.45, 2.75) is 285 Å². The first-order valence-corrected chi connectivity index (χ1v) is 49.6. The second-order valence-electron chi connectivity index (χ2n) is 37.2. The Morgan fingerprint density at radius 3 is 1.23 bits per heavy atom. The van der Waals surface area contributed by atoms with E-state index in [1.54, 1.807) is 32.7 Å². The number of ether oxygens (including phenoxy) is 2. The second-order valence-corrected chi connectivity index (χ2v) is 39.6. The van der Waals surface area contributed by atoms with Crippen LogP contribution < -0.4 is 9.47 Å². The molecule has 0 saturated carbocycles. The molecule has 0 aliphatic rings. The number of aromatic nitrogens is 6. The van der Waals surface area contributed by atoms with E-state index < -0.39 is 23.4 Å². The molecule has 8 nitrogen and oxygen atoms in total. The first-order chi connectivity index (χ1) is 64.5. The van der Waals surface area contributed by atoms with E-state index >= 15 is 0 Å². The number of halogens is 9. The average molecular weight is 1970 g/mol. The fraction of sp³-hybridized carbons (Fsp3) is 0.378. The van der Waals surface area contributed by atoms with Gasteiger partial charge in [0, 0.05) is 70.7 Å². The largest absolute Gasteiger partial charge is 0.497 e. The molecule has 5 aromatic heterocycles. The van der Waals surface area contributed by atoms with Crippen molar-refractivity contribution in [3.8, 4) is 22.9 Å². The minimum Gasteiger partial charge on any atom is -0.497 e. The van der Waals surface area contributed by atoms with Crippen molar-refractivity contribution >= 4 is 68.8 Å². The standard InChI is InChI=1S/C13H15N.C11H12N2S.C11H16O2.2C11H16.C10H11F3.C9H12ClN.C9H11Cl.C9H10F2.C9H12.C8H9Cl2N.C8H11N/c1-9(2)12-8-10(3)14-13-7-5-4-6-11(12)13;1-8(2)11-12-10(13-14-11)9-6-4-3-5-7-9;1-8(2)9-5-10(12-3)7-11(6-9)13-4;1-8(2)11-7-5-6-9(3)10(11)4;1-8(2)11-9(3)6-5-7-10(11)4;1-7(2)8-4-3-5-9(6-8)10(11,12)13;1-6(2)9-8(10)4-7(3)5-11-9;1-7(2)8-5-3-4-6-9(8)10;1-6(2)8-4-3-7(10)5-9(8)11;1-8(2)9-6-4-3-5-7-9;1-5(2)8-6(9)3-11-4-7(8)10;1-7(2)8-3-5-9-6-4-8/h4-9H,1-3H3;3-8H,1-2H3;5-8H,1-4H3;2*5-8H,1-4H3;3-7H,1-2H3;4-6H,1-3H3;3-7H,1-2H3;3-6H,1-2H3;3-8H,1-2H3;3-5H,1-2H3;3-7H,1-2H3. The summed E-state index contributed by atoms with van der Waals surface area (Å²) in [6.45, 7) is 63.5. The van der Waals surface area contributed by atoms with Crippen molar-refractivity contribution in [2.24, 2.45) is 0 Å². The molecule has 14 rings (SSSR count). The van der Waals surface area contributed by atoms with Crippen LogP contribution in [0.5, 0.6) is 11.5 Å².